The van der Waals surface area contributed by atoms with Crippen LogP contribution in [0.5, 0.6) is 0 Å². The van der Waals surface area contributed by atoms with Crippen LogP contribution >= 0.6 is 0 Å². The maximum absolute atomic E-state index is 11.7. The number of rotatable bonds is 4. The van der Waals surface area contributed by atoms with Crippen LogP contribution in [0, 0.1) is 5.92 Å². The van der Waals surface area contributed by atoms with Gasteiger partial charge >= 0.3 is 0 Å². The molecule has 0 radical (unpaired) electrons. The summed E-state index contributed by atoms with van der Waals surface area (Å²) in [5, 5.41) is 9.89. The van der Waals surface area contributed by atoms with Crippen LogP contribution in [-0.4, -0.2) is 17.0 Å². The number of aliphatic hydroxyl groups is 1. The third-order valence-electron chi connectivity index (χ3n) is 3.15. The fraction of sp³-hybridized carbons (Fsp3) is 0.400. The minimum Gasteiger partial charge on any atom is -0.388 e. The molecule has 0 aromatic rings. The van der Waals surface area contributed by atoms with Crippen molar-refractivity contribution in [3.63, 3.8) is 0 Å². The van der Waals surface area contributed by atoms with Crippen LogP contribution in [0.25, 0.3) is 0 Å². The van der Waals surface area contributed by atoms with Crippen LogP contribution in [0.4, 0.5) is 0 Å². The second kappa shape index (κ2) is 5.78. The summed E-state index contributed by atoms with van der Waals surface area (Å²) in [6, 6.07) is 0. The van der Waals surface area contributed by atoms with E-state index >= 15 is 0 Å². The van der Waals surface area contributed by atoms with Gasteiger partial charge in [-0.2, -0.15) is 0 Å². The summed E-state index contributed by atoms with van der Waals surface area (Å²) in [6.45, 7) is 9.35. The van der Waals surface area contributed by atoms with E-state index < -0.39 is 6.10 Å². The molecule has 0 unspecified atom stereocenters. The van der Waals surface area contributed by atoms with E-state index in [4.69, 9.17) is 0 Å². The average molecular weight is 232 g/mol. The molecule has 0 saturated carbocycles. The van der Waals surface area contributed by atoms with Gasteiger partial charge < -0.3 is 5.11 Å². The van der Waals surface area contributed by atoms with E-state index in [1.54, 1.807) is 13.0 Å². The van der Waals surface area contributed by atoms with Crippen molar-refractivity contribution in [2.75, 3.05) is 0 Å². The van der Waals surface area contributed by atoms with Gasteiger partial charge in [0.05, 0.1) is 12.0 Å². The Morgan fingerprint density at radius 3 is 2.59 bits per heavy atom. The Morgan fingerprint density at radius 2 is 2.12 bits per heavy atom. The van der Waals surface area contributed by atoms with Crippen molar-refractivity contribution in [1.82, 2.24) is 0 Å². The summed E-state index contributed by atoms with van der Waals surface area (Å²) in [4.78, 5) is 11.7. The molecular weight excluding hydrogens is 212 g/mol. The molecule has 2 heteroatoms. The number of ketones is 1. The Hall–Kier alpha value is -1.41. The molecule has 1 rings (SSSR count). The highest BCUT2D eigenvalue weighted by atomic mass is 16.3. The van der Waals surface area contributed by atoms with Gasteiger partial charge in [0.1, 0.15) is 0 Å². The first kappa shape index (κ1) is 13.7. The Balaban J connectivity index is 2.71. The lowest BCUT2D eigenvalue weighted by Crippen LogP contribution is -2.22. The summed E-state index contributed by atoms with van der Waals surface area (Å²) in [6.07, 6.45) is 7.48. The maximum Gasteiger partial charge on any atom is 0.165 e. The molecule has 0 bridgehead atoms. The van der Waals surface area contributed by atoms with Gasteiger partial charge in [0.25, 0.3) is 0 Å². The highest BCUT2D eigenvalue weighted by molar-refractivity contribution is 5.98. The van der Waals surface area contributed by atoms with Crippen molar-refractivity contribution >= 4 is 5.78 Å². The molecule has 1 aliphatic rings. The molecule has 0 aromatic carbocycles. The molecule has 0 spiro atoms. The van der Waals surface area contributed by atoms with E-state index in [0.717, 1.165) is 23.1 Å². The van der Waals surface area contributed by atoms with Gasteiger partial charge in [-0.05, 0) is 38.8 Å². The molecule has 1 N–H and O–H groups in total. The summed E-state index contributed by atoms with van der Waals surface area (Å²) in [5.74, 6) is -0.374. The molecule has 2 atom stereocenters. The van der Waals surface area contributed by atoms with Crippen molar-refractivity contribution in [3.8, 4) is 0 Å². The van der Waals surface area contributed by atoms with Gasteiger partial charge in [-0.25, -0.2) is 0 Å². The first-order valence-corrected chi connectivity index (χ1v) is 5.83. The fourth-order valence-corrected chi connectivity index (χ4v) is 1.93. The van der Waals surface area contributed by atoms with E-state index in [1.165, 1.54) is 6.08 Å². The number of hydrogen-bond acceptors (Lipinski definition) is 2. The van der Waals surface area contributed by atoms with E-state index in [2.05, 4.69) is 6.58 Å². The lowest BCUT2D eigenvalue weighted by atomic mass is 9.92. The Bertz CT molecular complexity index is 411. The third-order valence-corrected chi connectivity index (χ3v) is 3.15. The second-order valence-electron chi connectivity index (χ2n) is 4.55. The molecule has 0 saturated heterocycles. The highest BCUT2D eigenvalue weighted by Gasteiger charge is 2.33. The largest absolute Gasteiger partial charge is 0.388 e. The van der Waals surface area contributed by atoms with Gasteiger partial charge in [-0.3, -0.25) is 4.79 Å². The predicted octanol–water partition coefficient (Wildman–Crippen LogP) is 2.96. The van der Waals surface area contributed by atoms with E-state index in [-0.39, 0.29) is 11.7 Å². The molecule has 92 valence electrons. The molecule has 2 nitrogen and oxygen atoms in total. The Kier molecular flexibility index (Phi) is 4.64. The number of carbonyl (C=O) groups excluding carboxylic acids is 1. The predicted molar refractivity (Wildman–Crippen MR) is 70.6 cm³/mol. The zero-order valence-electron chi connectivity index (χ0n) is 10.7. The first-order chi connectivity index (χ1) is 7.97. The summed E-state index contributed by atoms with van der Waals surface area (Å²) >= 11 is 0. The minimum absolute atomic E-state index is 0.00757. The minimum atomic E-state index is -0.650. The molecule has 0 heterocycles. The molecule has 1 aliphatic carbocycles. The Morgan fingerprint density at radius 1 is 1.47 bits per heavy atom. The average Bonchev–Trinajstić information content (AvgIpc) is 2.52. The van der Waals surface area contributed by atoms with Crippen LogP contribution in [0.15, 0.2) is 47.6 Å². The number of aliphatic hydroxyl groups excluding tert-OH is 1. The number of hydrogen-bond donors (Lipinski definition) is 1. The molecular formula is C15H20O2. The van der Waals surface area contributed by atoms with E-state index in [9.17, 15) is 9.90 Å². The monoisotopic (exact) mass is 232 g/mol. The summed E-state index contributed by atoms with van der Waals surface area (Å²) in [5.41, 5.74) is 2.80. The number of allylic oxidation sites excluding steroid dienone is 5. The van der Waals surface area contributed by atoms with Crippen LogP contribution in [-0.2, 0) is 4.79 Å². The summed E-state index contributed by atoms with van der Waals surface area (Å²) in [7, 11) is 0. The lowest BCUT2D eigenvalue weighted by Gasteiger charge is -2.15. The van der Waals surface area contributed by atoms with E-state index in [0.29, 0.717) is 0 Å². The molecule has 0 amide bonds. The number of carbonyl (C=O) groups is 1. The highest BCUT2D eigenvalue weighted by Crippen LogP contribution is 2.28. The quantitative estimate of drug-likeness (QED) is 0.597. The molecule has 0 aliphatic heterocycles. The third kappa shape index (κ3) is 3.27. The fourth-order valence-electron chi connectivity index (χ4n) is 1.93. The van der Waals surface area contributed by atoms with E-state index in [1.807, 2.05) is 26.0 Å². The zero-order valence-corrected chi connectivity index (χ0v) is 10.7. The van der Waals surface area contributed by atoms with Crippen LogP contribution in [0.1, 0.15) is 27.2 Å². The smallest absolute Gasteiger partial charge is 0.165 e. The van der Waals surface area contributed by atoms with Crippen LogP contribution < -0.4 is 0 Å². The first-order valence-electron chi connectivity index (χ1n) is 5.83. The molecule has 17 heavy (non-hydrogen) atoms. The van der Waals surface area contributed by atoms with Gasteiger partial charge in [0.15, 0.2) is 5.78 Å². The van der Waals surface area contributed by atoms with Crippen molar-refractivity contribution in [1.29, 1.82) is 0 Å². The van der Waals surface area contributed by atoms with Crippen molar-refractivity contribution in [3.05, 3.63) is 47.6 Å². The van der Waals surface area contributed by atoms with Crippen molar-refractivity contribution < 1.29 is 9.90 Å². The standard InChI is InChI=1S/C15H20O2/c1-5-10(2)7-6-8-11(3)14-13(16)9-12(4)15(14)17/h5,7-9,14-15,17H,1,6H2,2-4H3/b10-7+,11-8+/t14-,15-/m0/s1. The van der Waals surface area contributed by atoms with Crippen LogP contribution in [0.3, 0.4) is 0 Å². The van der Waals surface area contributed by atoms with Crippen molar-refractivity contribution in [2.45, 2.75) is 33.3 Å². The molecule has 0 aromatic heterocycles. The van der Waals surface area contributed by atoms with Gasteiger partial charge in [-0.15, -0.1) is 0 Å². The Labute approximate surface area is 103 Å². The summed E-state index contributed by atoms with van der Waals surface area (Å²) < 4.78 is 0. The SMILES string of the molecule is C=C/C(C)=C/C/C=C(\C)[C@H]1C(=O)C=C(C)[C@@H]1O. The zero-order chi connectivity index (χ0) is 13.0. The van der Waals surface area contributed by atoms with Gasteiger partial charge in [-0.1, -0.05) is 36.0 Å². The topological polar surface area (TPSA) is 37.3 Å². The van der Waals surface area contributed by atoms with Crippen LogP contribution in [0.2, 0.25) is 0 Å². The second-order valence-corrected chi connectivity index (χ2v) is 4.55. The van der Waals surface area contributed by atoms with Gasteiger partial charge in [0.2, 0.25) is 0 Å². The lowest BCUT2D eigenvalue weighted by molar-refractivity contribution is -0.118. The normalized spacial score (nSPS) is 26.1. The maximum atomic E-state index is 11.7. The molecule has 0 fully saturated rings. The van der Waals surface area contributed by atoms with Crippen molar-refractivity contribution in [2.24, 2.45) is 5.92 Å². The van der Waals surface area contributed by atoms with Gasteiger partial charge in [0, 0.05) is 0 Å².